The highest BCUT2D eigenvalue weighted by molar-refractivity contribution is 14.1. The first-order valence-electron chi connectivity index (χ1n) is 11.5. The van der Waals surface area contributed by atoms with Crippen LogP contribution in [0.25, 0.3) is 22.3 Å². The fourth-order valence-electron chi connectivity index (χ4n) is 3.98. The molecule has 0 bridgehead atoms. The minimum absolute atomic E-state index is 0.0583. The van der Waals surface area contributed by atoms with E-state index in [4.69, 9.17) is 9.15 Å². The third kappa shape index (κ3) is 5.42. The van der Waals surface area contributed by atoms with E-state index in [-0.39, 0.29) is 11.5 Å². The summed E-state index contributed by atoms with van der Waals surface area (Å²) in [5.41, 5.74) is 3.62. The number of ether oxygens (including phenoxy) is 1. The van der Waals surface area contributed by atoms with Gasteiger partial charge in [-0.25, -0.2) is 4.79 Å². The number of fused-ring (bicyclic) bond motifs is 1. The van der Waals surface area contributed by atoms with E-state index in [1.165, 1.54) is 0 Å². The van der Waals surface area contributed by atoms with E-state index in [9.17, 15) is 9.59 Å². The number of nitrogens with one attached hydrogen (secondary N) is 1. The third-order valence-electron chi connectivity index (χ3n) is 5.53. The van der Waals surface area contributed by atoms with Gasteiger partial charge < -0.3 is 14.5 Å². The number of para-hydroxylation sites is 1. The van der Waals surface area contributed by atoms with E-state index in [0.29, 0.717) is 31.6 Å². The van der Waals surface area contributed by atoms with Crippen LogP contribution in [-0.2, 0) is 4.74 Å². The summed E-state index contributed by atoms with van der Waals surface area (Å²) in [6, 6.07) is 20.5. The van der Waals surface area contributed by atoms with E-state index in [0.717, 1.165) is 16.7 Å². The molecular formula is C29H28INO4. The molecular weight excluding hydrogens is 553 g/mol. The molecule has 1 heterocycles. The van der Waals surface area contributed by atoms with E-state index in [1.54, 1.807) is 6.07 Å². The average Bonchev–Trinajstić information content (AvgIpc) is 2.81. The number of rotatable bonds is 5. The first-order valence-corrected chi connectivity index (χ1v) is 12.5. The Hall–Kier alpha value is -3.13. The Labute approximate surface area is 218 Å². The standard InChI is InChI=1S/C29H28INO4/c1-17-15-21(18(2)31-23-14-10-9-13-20(23)28(33)35-29(3,4)5)27-22(16-17)25(32)24(30)26(34-27)19-11-7-6-8-12-19/h6-16,18,31H,1-5H3/t18-/m1/s1. The van der Waals surface area contributed by atoms with Crippen molar-refractivity contribution in [3.8, 4) is 11.3 Å². The van der Waals surface area contributed by atoms with E-state index >= 15 is 0 Å². The zero-order valence-corrected chi connectivity index (χ0v) is 22.6. The van der Waals surface area contributed by atoms with E-state index in [2.05, 4.69) is 27.9 Å². The molecule has 0 radical (unpaired) electrons. The molecule has 1 N–H and O–H groups in total. The highest BCUT2D eigenvalue weighted by Gasteiger charge is 2.23. The molecule has 0 aliphatic carbocycles. The molecule has 35 heavy (non-hydrogen) atoms. The zero-order valence-electron chi connectivity index (χ0n) is 20.4. The van der Waals surface area contributed by atoms with Crippen molar-refractivity contribution in [3.05, 3.63) is 97.2 Å². The van der Waals surface area contributed by atoms with Crippen molar-refractivity contribution >= 4 is 45.2 Å². The lowest BCUT2D eigenvalue weighted by Crippen LogP contribution is -2.24. The van der Waals surface area contributed by atoms with Crippen LogP contribution in [0.5, 0.6) is 0 Å². The highest BCUT2D eigenvalue weighted by Crippen LogP contribution is 2.33. The molecule has 1 atom stereocenters. The fraction of sp³-hybridized carbons (Fsp3) is 0.241. The number of benzene rings is 3. The van der Waals surface area contributed by atoms with Gasteiger partial charge in [-0.15, -0.1) is 0 Å². The molecule has 0 aliphatic rings. The molecule has 5 nitrogen and oxygen atoms in total. The summed E-state index contributed by atoms with van der Waals surface area (Å²) >= 11 is 2.06. The number of carbonyl (C=O) groups is 1. The van der Waals surface area contributed by atoms with Crippen molar-refractivity contribution in [1.82, 2.24) is 0 Å². The molecule has 0 saturated carbocycles. The second-order valence-corrected chi connectivity index (χ2v) is 10.7. The molecule has 0 amide bonds. The van der Waals surface area contributed by atoms with Gasteiger partial charge in [0.2, 0.25) is 5.43 Å². The molecule has 4 rings (SSSR count). The highest BCUT2D eigenvalue weighted by atomic mass is 127. The molecule has 180 valence electrons. The van der Waals surface area contributed by atoms with Gasteiger partial charge in [0.15, 0.2) is 5.76 Å². The summed E-state index contributed by atoms with van der Waals surface area (Å²) in [6.45, 7) is 9.48. The number of aryl methyl sites for hydroxylation is 1. The number of carbonyl (C=O) groups excluding carboxylic acids is 1. The van der Waals surface area contributed by atoms with Crippen molar-refractivity contribution in [1.29, 1.82) is 0 Å². The van der Waals surface area contributed by atoms with Gasteiger partial charge in [0.05, 0.1) is 17.0 Å². The number of hydrogen-bond donors (Lipinski definition) is 1. The Bertz CT molecular complexity index is 1450. The predicted octanol–water partition coefficient (Wildman–Crippen LogP) is 7.50. The minimum Gasteiger partial charge on any atom is -0.456 e. The Kier molecular flexibility index (Phi) is 7.03. The first-order chi connectivity index (χ1) is 16.5. The summed E-state index contributed by atoms with van der Waals surface area (Å²) in [5, 5.41) is 3.98. The predicted molar refractivity (Wildman–Crippen MR) is 149 cm³/mol. The molecule has 0 aliphatic heterocycles. The van der Waals surface area contributed by atoms with Crippen LogP contribution in [-0.4, -0.2) is 11.6 Å². The maximum absolute atomic E-state index is 13.3. The van der Waals surface area contributed by atoms with Crippen LogP contribution in [0.15, 0.2) is 75.9 Å². The van der Waals surface area contributed by atoms with Crippen LogP contribution in [0.3, 0.4) is 0 Å². The van der Waals surface area contributed by atoms with Crippen molar-refractivity contribution in [2.24, 2.45) is 0 Å². The molecule has 0 saturated heterocycles. The lowest BCUT2D eigenvalue weighted by molar-refractivity contribution is 0.00706. The molecule has 0 spiro atoms. The van der Waals surface area contributed by atoms with Gasteiger partial charge in [0.1, 0.15) is 14.8 Å². The normalized spacial score (nSPS) is 12.4. The largest absolute Gasteiger partial charge is 0.456 e. The molecule has 0 fully saturated rings. The van der Waals surface area contributed by atoms with Crippen molar-refractivity contribution in [3.63, 3.8) is 0 Å². The van der Waals surface area contributed by atoms with Gasteiger partial charge in [-0.2, -0.15) is 0 Å². The maximum atomic E-state index is 13.3. The first kappa shape index (κ1) is 25.0. The summed E-state index contributed by atoms with van der Waals surface area (Å²) in [5.74, 6) is 0.157. The summed E-state index contributed by atoms with van der Waals surface area (Å²) < 4.78 is 12.6. The number of halogens is 1. The second-order valence-electron chi connectivity index (χ2n) is 9.58. The molecule has 0 unspecified atom stereocenters. The van der Waals surface area contributed by atoms with Gasteiger partial charge in [0, 0.05) is 16.8 Å². The van der Waals surface area contributed by atoms with Crippen LogP contribution in [0.2, 0.25) is 0 Å². The summed E-state index contributed by atoms with van der Waals surface area (Å²) in [6.07, 6.45) is 0. The van der Waals surface area contributed by atoms with Crippen molar-refractivity contribution in [2.75, 3.05) is 5.32 Å². The van der Waals surface area contributed by atoms with E-state index < -0.39 is 11.6 Å². The van der Waals surface area contributed by atoms with Crippen LogP contribution in [0, 0.1) is 10.5 Å². The van der Waals surface area contributed by atoms with Crippen molar-refractivity contribution in [2.45, 2.75) is 46.3 Å². The molecule has 1 aromatic heterocycles. The average molecular weight is 581 g/mol. The quantitative estimate of drug-likeness (QED) is 0.195. The third-order valence-corrected chi connectivity index (χ3v) is 6.51. The Morgan fingerprint density at radius 3 is 2.37 bits per heavy atom. The Morgan fingerprint density at radius 1 is 1.03 bits per heavy atom. The molecule has 3 aromatic carbocycles. The van der Waals surface area contributed by atoms with Crippen molar-refractivity contribution < 1.29 is 13.9 Å². The molecule has 6 heteroatoms. The van der Waals surface area contributed by atoms with Gasteiger partial charge >= 0.3 is 5.97 Å². The molecule has 4 aromatic rings. The monoisotopic (exact) mass is 581 g/mol. The minimum atomic E-state index is -0.600. The van der Waals surface area contributed by atoms with Gasteiger partial charge in [-0.3, -0.25) is 4.79 Å². The maximum Gasteiger partial charge on any atom is 0.340 e. The lowest BCUT2D eigenvalue weighted by Gasteiger charge is -2.23. The summed E-state index contributed by atoms with van der Waals surface area (Å²) in [7, 11) is 0. The number of esters is 1. The zero-order chi connectivity index (χ0) is 25.3. The van der Waals surface area contributed by atoms with Gasteiger partial charge in [0.25, 0.3) is 0 Å². The van der Waals surface area contributed by atoms with Gasteiger partial charge in [-0.1, -0.05) is 48.5 Å². The van der Waals surface area contributed by atoms with Crippen LogP contribution >= 0.6 is 22.6 Å². The summed E-state index contributed by atoms with van der Waals surface area (Å²) in [4.78, 5) is 26.2. The van der Waals surface area contributed by atoms with Crippen LogP contribution in [0.1, 0.15) is 55.2 Å². The number of anilines is 1. The van der Waals surface area contributed by atoms with Crippen LogP contribution < -0.4 is 10.7 Å². The van der Waals surface area contributed by atoms with E-state index in [1.807, 2.05) is 95.3 Å². The Balaban J connectivity index is 1.81. The SMILES string of the molecule is Cc1cc([C@@H](C)Nc2ccccc2C(=O)OC(C)(C)C)c2oc(-c3ccccc3)c(I)c(=O)c2c1. The topological polar surface area (TPSA) is 68.5 Å². The number of hydrogen-bond acceptors (Lipinski definition) is 5. The second kappa shape index (κ2) is 9.85. The van der Waals surface area contributed by atoms with Crippen LogP contribution in [0.4, 0.5) is 5.69 Å². The fourth-order valence-corrected chi connectivity index (χ4v) is 4.69. The van der Waals surface area contributed by atoms with Gasteiger partial charge in [-0.05, 0) is 81.0 Å². The smallest absolute Gasteiger partial charge is 0.340 e. The Morgan fingerprint density at radius 2 is 1.69 bits per heavy atom. The lowest BCUT2D eigenvalue weighted by atomic mass is 10.00.